The molecule has 0 radical (unpaired) electrons. The maximum absolute atomic E-state index is 12.3. The Hall–Kier alpha value is -2.01. The van der Waals surface area contributed by atoms with Crippen LogP contribution in [0.1, 0.15) is 42.3 Å². The molecule has 1 aliphatic rings. The van der Waals surface area contributed by atoms with Crippen LogP contribution in [0.3, 0.4) is 0 Å². The fourth-order valence-corrected chi connectivity index (χ4v) is 3.30. The molecular formula is C18H20ClNO4. The van der Waals surface area contributed by atoms with E-state index in [-0.39, 0.29) is 24.3 Å². The SMILES string of the molecule is Cc1c(C(=O)OCC(=O)N2CCCC[C@@H]2C)oc2ccc(Cl)cc12. The molecule has 128 valence electrons. The van der Waals surface area contributed by atoms with Crippen molar-refractivity contribution >= 4 is 34.4 Å². The third kappa shape index (κ3) is 3.26. The van der Waals surface area contributed by atoms with Crippen molar-refractivity contribution in [1.82, 2.24) is 4.90 Å². The molecule has 0 bridgehead atoms. The minimum Gasteiger partial charge on any atom is -0.450 e. The van der Waals surface area contributed by atoms with Crippen LogP contribution in [0, 0.1) is 6.92 Å². The maximum atomic E-state index is 12.3. The number of hydrogen-bond donors (Lipinski definition) is 0. The van der Waals surface area contributed by atoms with Gasteiger partial charge in [0.25, 0.3) is 5.91 Å². The van der Waals surface area contributed by atoms with Gasteiger partial charge in [-0.3, -0.25) is 4.79 Å². The number of furan rings is 1. The second-order valence-corrected chi connectivity index (χ2v) is 6.64. The van der Waals surface area contributed by atoms with Gasteiger partial charge in [-0.15, -0.1) is 0 Å². The lowest BCUT2D eigenvalue weighted by atomic mass is 10.0. The molecule has 5 nitrogen and oxygen atoms in total. The van der Waals surface area contributed by atoms with Crippen LogP contribution in [-0.4, -0.2) is 36.0 Å². The number of amides is 1. The predicted molar refractivity (Wildman–Crippen MR) is 91.3 cm³/mol. The van der Waals surface area contributed by atoms with E-state index in [1.165, 1.54) is 0 Å². The van der Waals surface area contributed by atoms with E-state index in [4.69, 9.17) is 20.8 Å². The summed E-state index contributed by atoms with van der Waals surface area (Å²) in [6.45, 7) is 4.25. The molecule has 0 N–H and O–H groups in total. The van der Waals surface area contributed by atoms with Crippen LogP contribution in [0.2, 0.25) is 5.02 Å². The van der Waals surface area contributed by atoms with Gasteiger partial charge in [0.05, 0.1) is 0 Å². The van der Waals surface area contributed by atoms with E-state index in [0.29, 0.717) is 16.2 Å². The molecule has 2 aromatic rings. The Balaban J connectivity index is 1.69. The number of fused-ring (bicyclic) bond motifs is 1. The summed E-state index contributed by atoms with van der Waals surface area (Å²) in [6, 6.07) is 5.35. The van der Waals surface area contributed by atoms with Gasteiger partial charge in [0.1, 0.15) is 5.58 Å². The fourth-order valence-electron chi connectivity index (χ4n) is 3.13. The van der Waals surface area contributed by atoms with E-state index in [0.717, 1.165) is 31.2 Å². The molecule has 2 heterocycles. The minimum atomic E-state index is -0.627. The number of benzene rings is 1. The highest BCUT2D eigenvalue weighted by atomic mass is 35.5. The van der Waals surface area contributed by atoms with Crippen molar-refractivity contribution in [1.29, 1.82) is 0 Å². The van der Waals surface area contributed by atoms with Gasteiger partial charge in [-0.05, 0) is 51.3 Å². The number of likely N-dealkylation sites (tertiary alicyclic amines) is 1. The van der Waals surface area contributed by atoms with Crippen LogP contribution in [0.15, 0.2) is 22.6 Å². The number of esters is 1. The number of piperidine rings is 1. The maximum Gasteiger partial charge on any atom is 0.375 e. The lowest BCUT2D eigenvalue weighted by molar-refractivity contribution is -0.137. The number of ether oxygens (including phenoxy) is 1. The van der Waals surface area contributed by atoms with Crippen molar-refractivity contribution in [3.8, 4) is 0 Å². The van der Waals surface area contributed by atoms with E-state index in [2.05, 4.69) is 0 Å². The summed E-state index contributed by atoms with van der Waals surface area (Å²) in [4.78, 5) is 26.3. The molecule has 1 amide bonds. The Morgan fingerprint density at radius 3 is 2.92 bits per heavy atom. The van der Waals surface area contributed by atoms with Gasteiger partial charge in [0.15, 0.2) is 6.61 Å². The molecule has 1 aromatic carbocycles. The highest BCUT2D eigenvalue weighted by molar-refractivity contribution is 6.31. The summed E-state index contributed by atoms with van der Waals surface area (Å²) in [6.07, 6.45) is 3.11. The van der Waals surface area contributed by atoms with Crippen LogP contribution in [0.25, 0.3) is 11.0 Å². The lowest BCUT2D eigenvalue weighted by Crippen LogP contribution is -2.44. The summed E-state index contributed by atoms with van der Waals surface area (Å²) in [5.41, 5.74) is 1.23. The average Bonchev–Trinajstić information content (AvgIpc) is 2.89. The Bertz CT molecular complexity index is 783. The standard InChI is InChI=1S/C18H20ClNO4/c1-11-5-3-4-8-20(11)16(21)10-23-18(22)17-12(2)14-9-13(19)6-7-15(14)24-17/h6-7,9,11H,3-5,8,10H2,1-2H3/t11-/m0/s1. The first kappa shape index (κ1) is 16.8. The van der Waals surface area contributed by atoms with Gasteiger partial charge < -0.3 is 14.1 Å². The van der Waals surface area contributed by atoms with E-state index >= 15 is 0 Å². The number of aryl methyl sites for hydroxylation is 1. The predicted octanol–water partition coefficient (Wildman–Crippen LogP) is 3.95. The summed E-state index contributed by atoms with van der Waals surface area (Å²) in [7, 11) is 0. The number of halogens is 1. The lowest BCUT2D eigenvalue weighted by Gasteiger charge is -2.33. The molecule has 3 rings (SSSR count). The van der Waals surface area contributed by atoms with Crippen LogP contribution in [-0.2, 0) is 9.53 Å². The highest BCUT2D eigenvalue weighted by Crippen LogP contribution is 2.28. The van der Waals surface area contributed by atoms with Gasteiger partial charge in [0.2, 0.25) is 5.76 Å². The zero-order chi connectivity index (χ0) is 17.3. The third-order valence-electron chi connectivity index (χ3n) is 4.53. The molecule has 0 unspecified atom stereocenters. The van der Waals surface area contributed by atoms with Crippen molar-refractivity contribution < 1.29 is 18.7 Å². The molecule has 1 saturated heterocycles. The second kappa shape index (κ2) is 6.85. The molecule has 0 spiro atoms. The fraction of sp³-hybridized carbons (Fsp3) is 0.444. The summed E-state index contributed by atoms with van der Waals surface area (Å²) >= 11 is 5.97. The molecular weight excluding hydrogens is 330 g/mol. The number of hydrogen-bond acceptors (Lipinski definition) is 4. The van der Waals surface area contributed by atoms with Crippen LogP contribution >= 0.6 is 11.6 Å². The smallest absolute Gasteiger partial charge is 0.375 e. The van der Waals surface area contributed by atoms with Crippen LogP contribution in [0.4, 0.5) is 0 Å². The van der Waals surface area contributed by atoms with Gasteiger partial charge in [-0.25, -0.2) is 4.79 Å². The highest BCUT2D eigenvalue weighted by Gasteiger charge is 2.25. The number of carbonyl (C=O) groups excluding carboxylic acids is 2. The van der Waals surface area contributed by atoms with Crippen molar-refractivity contribution in [2.75, 3.05) is 13.2 Å². The normalized spacial score (nSPS) is 18.0. The Morgan fingerprint density at radius 1 is 1.38 bits per heavy atom. The van der Waals surface area contributed by atoms with Crippen molar-refractivity contribution in [2.24, 2.45) is 0 Å². The molecule has 24 heavy (non-hydrogen) atoms. The van der Waals surface area contributed by atoms with E-state index < -0.39 is 5.97 Å². The van der Waals surface area contributed by atoms with Crippen molar-refractivity contribution in [3.05, 3.63) is 34.5 Å². The molecule has 1 aromatic heterocycles. The molecule has 1 aliphatic heterocycles. The zero-order valence-electron chi connectivity index (χ0n) is 13.8. The summed E-state index contributed by atoms with van der Waals surface area (Å²) in [5.74, 6) is -0.669. The Labute approximate surface area is 145 Å². The van der Waals surface area contributed by atoms with Gasteiger partial charge in [-0.1, -0.05) is 11.6 Å². The third-order valence-corrected chi connectivity index (χ3v) is 4.77. The second-order valence-electron chi connectivity index (χ2n) is 6.20. The van der Waals surface area contributed by atoms with Crippen molar-refractivity contribution in [3.63, 3.8) is 0 Å². The first-order chi connectivity index (χ1) is 11.5. The quantitative estimate of drug-likeness (QED) is 0.787. The first-order valence-corrected chi connectivity index (χ1v) is 8.50. The Kier molecular flexibility index (Phi) is 4.81. The summed E-state index contributed by atoms with van der Waals surface area (Å²) in [5, 5.41) is 1.34. The minimum absolute atomic E-state index is 0.117. The van der Waals surface area contributed by atoms with Gasteiger partial charge in [0, 0.05) is 28.6 Å². The topological polar surface area (TPSA) is 59.8 Å². The van der Waals surface area contributed by atoms with Crippen LogP contribution in [0.5, 0.6) is 0 Å². The van der Waals surface area contributed by atoms with Crippen molar-refractivity contribution in [2.45, 2.75) is 39.2 Å². The first-order valence-electron chi connectivity index (χ1n) is 8.12. The zero-order valence-corrected chi connectivity index (χ0v) is 14.6. The van der Waals surface area contributed by atoms with Crippen LogP contribution < -0.4 is 0 Å². The van der Waals surface area contributed by atoms with E-state index in [9.17, 15) is 9.59 Å². The van der Waals surface area contributed by atoms with Gasteiger partial charge in [-0.2, -0.15) is 0 Å². The average molecular weight is 350 g/mol. The Morgan fingerprint density at radius 2 is 2.17 bits per heavy atom. The molecule has 0 aliphatic carbocycles. The van der Waals surface area contributed by atoms with E-state index in [1.54, 1.807) is 30.0 Å². The van der Waals surface area contributed by atoms with Gasteiger partial charge >= 0.3 is 5.97 Å². The monoisotopic (exact) mass is 349 g/mol. The molecule has 1 fully saturated rings. The number of nitrogens with zero attached hydrogens (tertiary/aromatic N) is 1. The summed E-state index contributed by atoms with van der Waals surface area (Å²) < 4.78 is 10.7. The van der Waals surface area contributed by atoms with E-state index in [1.807, 2.05) is 6.92 Å². The molecule has 1 atom stereocenters. The largest absolute Gasteiger partial charge is 0.450 e. The molecule has 6 heteroatoms. The molecule has 0 saturated carbocycles. The number of carbonyl (C=O) groups is 2. The number of rotatable bonds is 3.